The first-order valence-corrected chi connectivity index (χ1v) is 10.0. The molecule has 142 valence electrons. The van der Waals surface area contributed by atoms with Crippen LogP contribution in [0.2, 0.25) is 0 Å². The Morgan fingerprint density at radius 2 is 1.89 bits per heavy atom. The summed E-state index contributed by atoms with van der Waals surface area (Å²) in [6.45, 7) is 3.90. The molecule has 0 spiro atoms. The number of amides is 2. The maximum absolute atomic E-state index is 12.6. The Kier molecular flexibility index (Phi) is 6.44. The molecule has 0 aromatic heterocycles. The van der Waals surface area contributed by atoms with E-state index in [-0.39, 0.29) is 18.4 Å². The molecule has 1 aliphatic heterocycles. The van der Waals surface area contributed by atoms with Crippen molar-refractivity contribution in [3.63, 3.8) is 0 Å². The van der Waals surface area contributed by atoms with Crippen LogP contribution in [-0.4, -0.2) is 27.6 Å². The van der Waals surface area contributed by atoms with Gasteiger partial charge in [-0.25, -0.2) is 0 Å². The average molecular weight is 409 g/mol. The van der Waals surface area contributed by atoms with Gasteiger partial charge in [-0.3, -0.25) is 14.5 Å². The molecule has 1 fully saturated rings. The van der Waals surface area contributed by atoms with Gasteiger partial charge in [-0.05, 0) is 48.7 Å². The van der Waals surface area contributed by atoms with Crippen LogP contribution in [-0.2, 0) is 9.59 Å². The topological polar surface area (TPSA) is 49.4 Å². The molecular formula is C22H20N2O2S2. The number of carbonyl (C=O) groups is 2. The summed E-state index contributed by atoms with van der Waals surface area (Å²) in [4.78, 5) is 26.8. The van der Waals surface area contributed by atoms with Crippen molar-refractivity contribution in [1.29, 1.82) is 0 Å². The Bertz CT molecular complexity index is 981. The highest BCUT2D eigenvalue weighted by Crippen LogP contribution is 2.30. The van der Waals surface area contributed by atoms with Crippen LogP contribution in [0.4, 0.5) is 5.69 Å². The van der Waals surface area contributed by atoms with E-state index in [0.717, 1.165) is 16.7 Å². The molecule has 2 aromatic rings. The van der Waals surface area contributed by atoms with E-state index < -0.39 is 0 Å². The van der Waals surface area contributed by atoms with E-state index in [1.165, 1.54) is 16.7 Å². The van der Waals surface area contributed by atoms with Crippen molar-refractivity contribution in [2.75, 3.05) is 11.9 Å². The van der Waals surface area contributed by atoms with Crippen molar-refractivity contribution in [1.82, 2.24) is 4.90 Å². The van der Waals surface area contributed by atoms with E-state index in [1.54, 1.807) is 6.08 Å². The minimum absolute atomic E-state index is 0.0999. The van der Waals surface area contributed by atoms with E-state index in [0.29, 0.717) is 14.9 Å². The summed E-state index contributed by atoms with van der Waals surface area (Å²) in [7, 11) is 0. The zero-order chi connectivity index (χ0) is 20.1. The van der Waals surface area contributed by atoms with Gasteiger partial charge >= 0.3 is 0 Å². The fourth-order valence-electron chi connectivity index (χ4n) is 2.62. The largest absolute Gasteiger partial charge is 0.325 e. The first-order chi connectivity index (χ1) is 13.4. The third-order valence-electron chi connectivity index (χ3n) is 4.30. The molecule has 1 heterocycles. The van der Waals surface area contributed by atoms with Gasteiger partial charge < -0.3 is 5.32 Å². The molecule has 0 saturated carbocycles. The highest BCUT2D eigenvalue weighted by atomic mass is 32.2. The van der Waals surface area contributed by atoms with Crippen molar-refractivity contribution in [2.24, 2.45) is 0 Å². The van der Waals surface area contributed by atoms with Gasteiger partial charge in [0.1, 0.15) is 10.9 Å². The number of anilines is 1. The van der Waals surface area contributed by atoms with E-state index in [9.17, 15) is 9.59 Å². The highest BCUT2D eigenvalue weighted by molar-refractivity contribution is 8.26. The van der Waals surface area contributed by atoms with E-state index >= 15 is 0 Å². The molecule has 1 N–H and O–H groups in total. The molecule has 1 saturated heterocycles. The normalized spacial score (nSPS) is 15.6. The number of rotatable bonds is 5. The molecule has 0 atom stereocenters. The standard InChI is InChI=1S/C22H20N2O2S2/c1-15-11-12-18(13-16(15)2)23-20(25)14-24-21(26)19(28-22(24)27)10-6-9-17-7-4-3-5-8-17/h3-13H,14H2,1-2H3,(H,23,25)/b9-6+,19-10+. The second-order valence-corrected chi connectivity index (χ2v) is 8.08. The minimum atomic E-state index is -0.277. The first-order valence-electron chi connectivity index (χ1n) is 8.78. The van der Waals surface area contributed by atoms with Crippen molar-refractivity contribution in [3.05, 3.63) is 82.3 Å². The van der Waals surface area contributed by atoms with Crippen LogP contribution < -0.4 is 5.32 Å². The Labute approximate surface area is 174 Å². The second-order valence-electron chi connectivity index (χ2n) is 6.41. The van der Waals surface area contributed by atoms with Crippen molar-refractivity contribution >= 4 is 51.9 Å². The third kappa shape index (κ3) is 4.97. The summed E-state index contributed by atoms with van der Waals surface area (Å²) < 4.78 is 0.389. The summed E-state index contributed by atoms with van der Waals surface area (Å²) in [5, 5.41) is 2.82. The first kappa shape index (κ1) is 20.0. The summed E-state index contributed by atoms with van der Waals surface area (Å²) >= 11 is 6.49. The summed E-state index contributed by atoms with van der Waals surface area (Å²) in [5.41, 5.74) is 4.00. The molecule has 1 aliphatic rings. The average Bonchev–Trinajstić information content (AvgIpc) is 2.93. The highest BCUT2D eigenvalue weighted by Gasteiger charge is 2.33. The van der Waals surface area contributed by atoms with Gasteiger partial charge in [-0.1, -0.05) is 72.5 Å². The maximum atomic E-state index is 12.6. The Morgan fingerprint density at radius 1 is 1.14 bits per heavy atom. The van der Waals surface area contributed by atoms with Gasteiger partial charge in [0.25, 0.3) is 5.91 Å². The van der Waals surface area contributed by atoms with Crippen molar-refractivity contribution in [2.45, 2.75) is 13.8 Å². The Balaban J connectivity index is 1.63. The number of nitrogens with one attached hydrogen (secondary N) is 1. The molecule has 0 radical (unpaired) electrons. The lowest BCUT2D eigenvalue weighted by molar-refractivity contribution is -0.126. The number of hydrogen-bond acceptors (Lipinski definition) is 4. The van der Waals surface area contributed by atoms with Crippen molar-refractivity contribution < 1.29 is 9.59 Å². The van der Waals surface area contributed by atoms with Gasteiger partial charge in [-0.2, -0.15) is 0 Å². The number of aryl methyl sites for hydroxylation is 2. The zero-order valence-electron chi connectivity index (χ0n) is 15.6. The number of hydrogen-bond donors (Lipinski definition) is 1. The SMILES string of the molecule is Cc1ccc(NC(=O)CN2C(=O)/C(=C\C=C\c3ccccc3)SC2=S)cc1C. The molecule has 6 heteroatoms. The van der Waals surface area contributed by atoms with Crippen LogP contribution in [0.3, 0.4) is 0 Å². The monoisotopic (exact) mass is 408 g/mol. The molecular weight excluding hydrogens is 388 g/mol. The molecule has 28 heavy (non-hydrogen) atoms. The number of benzene rings is 2. The van der Waals surface area contributed by atoms with E-state index in [2.05, 4.69) is 5.32 Å². The van der Waals surface area contributed by atoms with Gasteiger partial charge in [0.15, 0.2) is 0 Å². The van der Waals surface area contributed by atoms with Crippen LogP contribution in [0.5, 0.6) is 0 Å². The number of carbonyl (C=O) groups excluding carboxylic acids is 2. The lowest BCUT2D eigenvalue weighted by atomic mass is 10.1. The lowest BCUT2D eigenvalue weighted by Crippen LogP contribution is -2.36. The van der Waals surface area contributed by atoms with Crippen LogP contribution in [0, 0.1) is 13.8 Å². The molecule has 2 amide bonds. The molecule has 2 aromatic carbocycles. The fourth-order valence-corrected chi connectivity index (χ4v) is 3.83. The Hall–Kier alpha value is -2.70. The van der Waals surface area contributed by atoms with Gasteiger partial charge in [0, 0.05) is 5.69 Å². The smallest absolute Gasteiger partial charge is 0.266 e. The van der Waals surface area contributed by atoms with Crippen LogP contribution in [0.1, 0.15) is 16.7 Å². The molecule has 0 aliphatic carbocycles. The fraction of sp³-hybridized carbons (Fsp3) is 0.136. The van der Waals surface area contributed by atoms with Gasteiger partial charge in [0.2, 0.25) is 5.91 Å². The maximum Gasteiger partial charge on any atom is 0.266 e. The molecule has 4 nitrogen and oxygen atoms in total. The summed E-state index contributed by atoms with van der Waals surface area (Å²) in [6, 6.07) is 15.5. The predicted octanol–water partition coefficient (Wildman–Crippen LogP) is 4.70. The predicted molar refractivity (Wildman–Crippen MR) is 120 cm³/mol. The zero-order valence-corrected chi connectivity index (χ0v) is 17.3. The Morgan fingerprint density at radius 3 is 2.61 bits per heavy atom. The van der Waals surface area contributed by atoms with E-state index in [1.807, 2.05) is 74.5 Å². The summed E-state index contributed by atoms with van der Waals surface area (Å²) in [5.74, 6) is -0.524. The number of thioether (sulfide) groups is 1. The van der Waals surface area contributed by atoms with Crippen LogP contribution >= 0.6 is 24.0 Å². The number of allylic oxidation sites excluding steroid dienone is 2. The number of thiocarbonyl (C=S) groups is 1. The third-order valence-corrected chi connectivity index (χ3v) is 5.70. The molecule has 0 unspecified atom stereocenters. The number of nitrogens with zero attached hydrogens (tertiary/aromatic N) is 1. The van der Waals surface area contributed by atoms with E-state index in [4.69, 9.17) is 12.2 Å². The van der Waals surface area contributed by atoms with Crippen LogP contribution in [0.15, 0.2) is 65.6 Å². The van der Waals surface area contributed by atoms with Gasteiger partial charge in [-0.15, -0.1) is 0 Å². The van der Waals surface area contributed by atoms with Crippen LogP contribution in [0.25, 0.3) is 6.08 Å². The van der Waals surface area contributed by atoms with Crippen molar-refractivity contribution in [3.8, 4) is 0 Å². The second kappa shape index (κ2) is 8.99. The van der Waals surface area contributed by atoms with Gasteiger partial charge in [0.05, 0.1) is 4.91 Å². The molecule has 0 bridgehead atoms. The quantitative estimate of drug-likeness (QED) is 0.576. The lowest BCUT2D eigenvalue weighted by Gasteiger charge is -2.14. The summed E-state index contributed by atoms with van der Waals surface area (Å²) in [6.07, 6.45) is 5.46. The minimum Gasteiger partial charge on any atom is -0.325 e. The molecule has 3 rings (SSSR count).